The Morgan fingerprint density at radius 3 is 2.78 bits per heavy atom. The van der Waals surface area contributed by atoms with Gasteiger partial charge in [-0.2, -0.15) is 0 Å². The van der Waals surface area contributed by atoms with E-state index in [1.54, 1.807) is 6.08 Å². The van der Waals surface area contributed by atoms with Crippen LogP contribution < -0.4 is 0 Å². The fourth-order valence-electron chi connectivity index (χ4n) is 0.768. The number of allylic oxidation sites excluding steroid dienone is 2. The molecule has 0 radical (unpaired) electrons. The Labute approximate surface area is 54.5 Å². The lowest BCUT2D eigenvalue weighted by Crippen LogP contribution is -2.23. The molecule has 9 heavy (non-hydrogen) atoms. The lowest BCUT2D eigenvalue weighted by molar-refractivity contribution is -0.120. The molecule has 1 atom stereocenters. The van der Waals surface area contributed by atoms with Crippen LogP contribution in [0.5, 0.6) is 0 Å². The maximum Gasteiger partial charge on any atom is 0.169 e. The maximum atomic E-state index is 10.6. The summed E-state index contributed by atoms with van der Waals surface area (Å²) in [6.07, 6.45) is 1.55. The molecule has 0 aliphatic heterocycles. The molecular formula is C7H10O2. The minimum atomic E-state index is 0.0185. The molecule has 2 heteroatoms. The molecule has 0 spiro atoms. The molecule has 0 N–H and O–H groups in total. The predicted molar refractivity (Wildman–Crippen MR) is 33.9 cm³/mol. The highest BCUT2D eigenvalue weighted by atomic mass is 16.5. The standard InChI is InChI=1S/C7H10O2/c1-3-9-7-4-6(8)5(7)2/h4-5H,3H2,1-2H3. The van der Waals surface area contributed by atoms with Crippen molar-refractivity contribution >= 4 is 5.78 Å². The molecule has 0 heterocycles. The van der Waals surface area contributed by atoms with Crippen molar-refractivity contribution in [3.8, 4) is 0 Å². The van der Waals surface area contributed by atoms with Gasteiger partial charge in [-0.25, -0.2) is 0 Å². The molecule has 50 valence electrons. The Balaban J connectivity index is 2.47. The number of carbonyl (C=O) groups is 1. The molecule has 1 aliphatic carbocycles. The second-order valence-electron chi connectivity index (χ2n) is 2.10. The molecule has 1 aliphatic rings. The number of rotatable bonds is 2. The van der Waals surface area contributed by atoms with Crippen LogP contribution in [0, 0.1) is 5.92 Å². The van der Waals surface area contributed by atoms with Crippen molar-refractivity contribution in [1.29, 1.82) is 0 Å². The van der Waals surface area contributed by atoms with Crippen molar-refractivity contribution < 1.29 is 9.53 Å². The number of ketones is 1. The summed E-state index contributed by atoms with van der Waals surface area (Å²) in [4.78, 5) is 10.6. The van der Waals surface area contributed by atoms with E-state index in [1.165, 1.54) is 0 Å². The van der Waals surface area contributed by atoms with Crippen LogP contribution in [0.3, 0.4) is 0 Å². The normalized spacial score (nSPS) is 24.9. The Hall–Kier alpha value is -0.790. The van der Waals surface area contributed by atoms with Gasteiger partial charge in [0.25, 0.3) is 0 Å². The molecule has 0 fully saturated rings. The summed E-state index contributed by atoms with van der Waals surface area (Å²) in [6.45, 7) is 4.42. The fraction of sp³-hybridized carbons (Fsp3) is 0.571. The Bertz CT molecular complexity index is 158. The van der Waals surface area contributed by atoms with Crippen molar-refractivity contribution in [1.82, 2.24) is 0 Å². The van der Waals surface area contributed by atoms with Crippen LogP contribution in [0.1, 0.15) is 13.8 Å². The molecule has 0 saturated carbocycles. The van der Waals surface area contributed by atoms with E-state index in [1.807, 2.05) is 13.8 Å². The first-order chi connectivity index (χ1) is 4.25. The summed E-state index contributed by atoms with van der Waals surface area (Å²) in [5, 5.41) is 0. The molecule has 1 unspecified atom stereocenters. The summed E-state index contributed by atoms with van der Waals surface area (Å²) in [5.74, 6) is 1.03. The van der Waals surface area contributed by atoms with Gasteiger partial charge in [-0.3, -0.25) is 4.79 Å². The third-order valence-electron chi connectivity index (χ3n) is 1.45. The molecule has 2 nitrogen and oxygen atoms in total. The summed E-state index contributed by atoms with van der Waals surface area (Å²) in [7, 11) is 0. The average molecular weight is 126 g/mol. The zero-order valence-electron chi connectivity index (χ0n) is 5.68. The van der Waals surface area contributed by atoms with Gasteiger partial charge in [0.2, 0.25) is 0 Å². The summed E-state index contributed by atoms with van der Waals surface area (Å²) < 4.78 is 5.10. The molecule has 0 amide bonds. The van der Waals surface area contributed by atoms with Crippen LogP contribution in [-0.4, -0.2) is 12.4 Å². The van der Waals surface area contributed by atoms with E-state index >= 15 is 0 Å². The average Bonchev–Trinajstić information content (AvgIpc) is 1.88. The summed E-state index contributed by atoms with van der Waals surface area (Å²) >= 11 is 0. The van der Waals surface area contributed by atoms with E-state index in [9.17, 15) is 4.79 Å². The van der Waals surface area contributed by atoms with Gasteiger partial charge >= 0.3 is 0 Å². The zero-order valence-corrected chi connectivity index (χ0v) is 5.68. The number of ether oxygens (including phenoxy) is 1. The van der Waals surface area contributed by atoms with Crippen molar-refractivity contribution in [3.63, 3.8) is 0 Å². The van der Waals surface area contributed by atoms with E-state index in [-0.39, 0.29) is 11.7 Å². The molecular weight excluding hydrogens is 116 g/mol. The monoisotopic (exact) mass is 126 g/mol. The van der Waals surface area contributed by atoms with Crippen LogP contribution in [0.4, 0.5) is 0 Å². The second-order valence-corrected chi connectivity index (χ2v) is 2.10. The van der Waals surface area contributed by atoms with Crippen LogP contribution in [-0.2, 0) is 9.53 Å². The quantitative estimate of drug-likeness (QED) is 0.554. The highest BCUT2D eigenvalue weighted by Gasteiger charge is 2.26. The minimum Gasteiger partial charge on any atom is -0.497 e. The van der Waals surface area contributed by atoms with E-state index in [0.29, 0.717) is 6.61 Å². The van der Waals surface area contributed by atoms with E-state index in [2.05, 4.69) is 0 Å². The van der Waals surface area contributed by atoms with E-state index < -0.39 is 0 Å². The molecule has 0 bridgehead atoms. The second kappa shape index (κ2) is 2.21. The van der Waals surface area contributed by atoms with Crippen molar-refractivity contribution in [2.75, 3.05) is 6.61 Å². The van der Waals surface area contributed by atoms with Crippen molar-refractivity contribution in [2.24, 2.45) is 5.92 Å². The van der Waals surface area contributed by atoms with Crippen molar-refractivity contribution in [2.45, 2.75) is 13.8 Å². The molecule has 0 saturated heterocycles. The van der Waals surface area contributed by atoms with Crippen molar-refractivity contribution in [3.05, 3.63) is 11.8 Å². The van der Waals surface area contributed by atoms with Crippen LogP contribution in [0.15, 0.2) is 11.8 Å². The topological polar surface area (TPSA) is 26.3 Å². The molecule has 1 rings (SSSR count). The van der Waals surface area contributed by atoms with Gasteiger partial charge in [0.15, 0.2) is 5.78 Å². The summed E-state index contributed by atoms with van der Waals surface area (Å²) in [5.41, 5.74) is 0. The Morgan fingerprint density at radius 2 is 2.44 bits per heavy atom. The van der Waals surface area contributed by atoms with Crippen LogP contribution >= 0.6 is 0 Å². The Kier molecular flexibility index (Phi) is 1.56. The summed E-state index contributed by atoms with van der Waals surface area (Å²) in [6, 6.07) is 0. The smallest absolute Gasteiger partial charge is 0.169 e. The van der Waals surface area contributed by atoms with Gasteiger partial charge in [-0.15, -0.1) is 0 Å². The SMILES string of the molecule is CCOC1=CC(=O)C1C. The minimum absolute atomic E-state index is 0.0185. The van der Waals surface area contributed by atoms with Gasteiger partial charge in [-0.05, 0) is 13.8 Å². The van der Waals surface area contributed by atoms with E-state index in [4.69, 9.17) is 4.74 Å². The van der Waals surface area contributed by atoms with E-state index in [0.717, 1.165) is 5.76 Å². The van der Waals surface area contributed by atoms with Crippen LogP contribution in [0.25, 0.3) is 0 Å². The zero-order chi connectivity index (χ0) is 6.85. The molecule has 0 aromatic carbocycles. The first-order valence-corrected chi connectivity index (χ1v) is 3.14. The molecule has 0 aromatic heterocycles. The number of hydrogen-bond acceptors (Lipinski definition) is 2. The lowest BCUT2D eigenvalue weighted by Gasteiger charge is -2.20. The third kappa shape index (κ3) is 0.969. The largest absolute Gasteiger partial charge is 0.497 e. The van der Waals surface area contributed by atoms with Crippen LogP contribution in [0.2, 0.25) is 0 Å². The third-order valence-corrected chi connectivity index (χ3v) is 1.45. The fourth-order valence-corrected chi connectivity index (χ4v) is 0.768. The van der Waals surface area contributed by atoms with Gasteiger partial charge in [0.05, 0.1) is 12.5 Å². The maximum absolute atomic E-state index is 10.6. The van der Waals surface area contributed by atoms with Gasteiger partial charge in [-0.1, -0.05) is 0 Å². The lowest BCUT2D eigenvalue weighted by atomic mass is 9.93. The molecule has 0 aromatic rings. The number of hydrogen-bond donors (Lipinski definition) is 0. The highest BCUT2D eigenvalue weighted by molar-refractivity contribution is 6.00. The van der Waals surface area contributed by atoms with Gasteiger partial charge in [0, 0.05) is 6.08 Å². The number of carbonyl (C=O) groups excluding carboxylic acids is 1. The highest BCUT2D eigenvalue weighted by Crippen LogP contribution is 2.22. The first kappa shape index (κ1) is 6.33. The predicted octanol–water partition coefficient (Wildman–Crippen LogP) is 1.13. The Morgan fingerprint density at radius 1 is 1.78 bits per heavy atom. The first-order valence-electron chi connectivity index (χ1n) is 3.14. The van der Waals surface area contributed by atoms with Gasteiger partial charge in [0.1, 0.15) is 5.76 Å². The van der Waals surface area contributed by atoms with Gasteiger partial charge < -0.3 is 4.74 Å².